The Morgan fingerprint density at radius 2 is 1.80 bits per heavy atom. The molecule has 2 amide bonds. The van der Waals surface area contributed by atoms with Crippen LogP contribution < -0.4 is 5.32 Å². The third kappa shape index (κ3) is 4.41. The molecule has 1 aliphatic heterocycles. The van der Waals surface area contributed by atoms with Crippen molar-refractivity contribution in [3.05, 3.63) is 82.2 Å². The normalized spacial score (nSPS) is 15.2. The zero-order valence-electron chi connectivity index (χ0n) is 15.8. The van der Waals surface area contributed by atoms with E-state index in [1.54, 1.807) is 12.1 Å². The Morgan fingerprint density at radius 1 is 1.07 bits per heavy atom. The van der Waals surface area contributed by atoms with E-state index in [0.29, 0.717) is 14.2 Å². The maximum atomic E-state index is 12.8. The molecule has 30 heavy (non-hydrogen) atoms. The Hall–Kier alpha value is -2.67. The molecule has 3 aromatic carbocycles. The lowest BCUT2D eigenvalue weighted by molar-refractivity contribution is -0.122. The summed E-state index contributed by atoms with van der Waals surface area (Å²) < 4.78 is 0.441. The van der Waals surface area contributed by atoms with Gasteiger partial charge in [0, 0.05) is 29.1 Å². The number of thioether (sulfide) groups is 1. The Bertz CT molecular complexity index is 1190. The van der Waals surface area contributed by atoms with E-state index in [4.69, 9.17) is 23.8 Å². The summed E-state index contributed by atoms with van der Waals surface area (Å²) in [5, 5.41) is 5.53. The standard InChI is InChI=1S/C23H17ClN2O2S2/c24-18-10-4-2-7-16(18)14-20-22(28)26(23(29)30-20)13-12-21(27)25-19-11-5-8-15-6-1-3-9-17(15)19/h1-11,14H,12-13H2,(H,25,27)/b20-14+. The summed E-state index contributed by atoms with van der Waals surface area (Å²) in [6, 6.07) is 20.9. The second kappa shape index (κ2) is 9.00. The smallest absolute Gasteiger partial charge is 0.266 e. The second-order valence-corrected chi connectivity index (χ2v) is 8.76. The Balaban J connectivity index is 1.42. The molecule has 1 saturated heterocycles. The average Bonchev–Trinajstić information content (AvgIpc) is 3.01. The van der Waals surface area contributed by atoms with Crippen molar-refractivity contribution in [2.45, 2.75) is 6.42 Å². The number of benzene rings is 3. The fourth-order valence-electron chi connectivity index (χ4n) is 3.19. The monoisotopic (exact) mass is 452 g/mol. The van der Waals surface area contributed by atoms with Crippen molar-refractivity contribution in [2.75, 3.05) is 11.9 Å². The van der Waals surface area contributed by atoms with Crippen LogP contribution in [0.15, 0.2) is 71.6 Å². The lowest BCUT2D eigenvalue weighted by atomic mass is 10.1. The number of nitrogens with zero attached hydrogens (tertiary/aromatic N) is 1. The highest BCUT2D eigenvalue weighted by Crippen LogP contribution is 2.33. The minimum Gasteiger partial charge on any atom is -0.325 e. The number of thiocarbonyl (C=S) groups is 1. The summed E-state index contributed by atoms with van der Waals surface area (Å²) in [7, 11) is 0. The minimum absolute atomic E-state index is 0.148. The number of carbonyl (C=O) groups excluding carboxylic acids is 2. The molecule has 1 aliphatic rings. The summed E-state index contributed by atoms with van der Waals surface area (Å²) >= 11 is 12.8. The van der Waals surface area contributed by atoms with Gasteiger partial charge in [-0.25, -0.2) is 0 Å². The highest BCUT2D eigenvalue weighted by atomic mass is 35.5. The van der Waals surface area contributed by atoms with Gasteiger partial charge in [-0.2, -0.15) is 0 Å². The van der Waals surface area contributed by atoms with Gasteiger partial charge in [0.05, 0.1) is 4.91 Å². The summed E-state index contributed by atoms with van der Waals surface area (Å²) in [5.74, 6) is -0.377. The van der Waals surface area contributed by atoms with Gasteiger partial charge in [-0.3, -0.25) is 14.5 Å². The summed E-state index contributed by atoms with van der Waals surface area (Å²) in [6.07, 6.45) is 1.88. The van der Waals surface area contributed by atoms with Crippen LogP contribution in [0.5, 0.6) is 0 Å². The van der Waals surface area contributed by atoms with Crippen molar-refractivity contribution in [3.8, 4) is 0 Å². The lowest BCUT2D eigenvalue weighted by Crippen LogP contribution is -2.31. The van der Waals surface area contributed by atoms with E-state index in [2.05, 4.69) is 5.32 Å². The van der Waals surface area contributed by atoms with Gasteiger partial charge in [0.25, 0.3) is 5.91 Å². The first-order chi connectivity index (χ1) is 14.5. The van der Waals surface area contributed by atoms with Crippen LogP contribution >= 0.6 is 35.6 Å². The van der Waals surface area contributed by atoms with Gasteiger partial charge < -0.3 is 5.32 Å². The van der Waals surface area contributed by atoms with E-state index in [1.807, 2.05) is 60.7 Å². The number of halogens is 1. The van der Waals surface area contributed by atoms with Crippen molar-refractivity contribution in [1.82, 2.24) is 4.90 Å². The number of fused-ring (bicyclic) bond motifs is 1. The molecule has 0 aromatic heterocycles. The van der Waals surface area contributed by atoms with Gasteiger partial charge >= 0.3 is 0 Å². The molecule has 0 aliphatic carbocycles. The molecule has 150 valence electrons. The largest absolute Gasteiger partial charge is 0.325 e. The molecule has 0 atom stereocenters. The maximum absolute atomic E-state index is 12.8. The summed E-state index contributed by atoms with van der Waals surface area (Å²) in [6.45, 7) is 0.223. The third-order valence-corrected chi connectivity index (χ3v) is 6.41. The van der Waals surface area contributed by atoms with E-state index < -0.39 is 0 Å². The van der Waals surface area contributed by atoms with Crippen LogP contribution in [-0.4, -0.2) is 27.6 Å². The fraction of sp³-hybridized carbons (Fsp3) is 0.0870. The number of anilines is 1. The molecular formula is C23H17ClN2O2S2. The topological polar surface area (TPSA) is 49.4 Å². The van der Waals surface area contributed by atoms with E-state index in [1.165, 1.54) is 16.7 Å². The predicted molar refractivity (Wildman–Crippen MR) is 129 cm³/mol. The number of rotatable bonds is 5. The molecule has 0 bridgehead atoms. The van der Waals surface area contributed by atoms with Gasteiger partial charge in [-0.15, -0.1) is 0 Å². The van der Waals surface area contributed by atoms with E-state index >= 15 is 0 Å². The Morgan fingerprint density at radius 3 is 2.63 bits per heavy atom. The lowest BCUT2D eigenvalue weighted by Gasteiger charge is -2.14. The highest BCUT2D eigenvalue weighted by Gasteiger charge is 2.32. The third-order valence-electron chi connectivity index (χ3n) is 4.69. The molecule has 0 spiro atoms. The first-order valence-electron chi connectivity index (χ1n) is 9.30. The minimum atomic E-state index is -0.206. The highest BCUT2D eigenvalue weighted by molar-refractivity contribution is 8.26. The van der Waals surface area contributed by atoms with Crippen LogP contribution in [0.2, 0.25) is 5.02 Å². The molecule has 1 heterocycles. The number of nitrogens with one attached hydrogen (secondary N) is 1. The zero-order chi connectivity index (χ0) is 21.1. The van der Waals surface area contributed by atoms with Gasteiger partial charge in [0.1, 0.15) is 4.32 Å². The molecule has 0 saturated carbocycles. The summed E-state index contributed by atoms with van der Waals surface area (Å²) in [5.41, 5.74) is 1.51. The molecular weight excluding hydrogens is 436 g/mol. The van der Waals surface area contributed by atoms with E-state index in [-0.39, 0.29) is 24.8 Å². The molecule has 0 unspecified atom stereocenters. The van der Waals surface area contributed by atoms with Crippen LogP contribution in [-0.2, 0) is 9.59 Å². The number of carbonyl (C=O) groups is 2. The molecule has 3 aromatic rings. The Labute approximate surface area is 188 Å². The molecule has 4 rings (SSSR count). The number of hydrogen-bond acceptors (Lipinski definition) is 4. The van der Waals surface area contributed by atoms with Gasteiger partial charge in [-0.05, 0) is 29.2 Å². The summed E-state index contributed by atoms with van der Waals surface area (Å²) in [4.78, 5) is 27.2. The quantitative estimate of drug-likeness (QED) is 0.397. The molecule has 7 heteroatoms. The van der Waals surface area contributed by atoms with Gasteiger partial charge in [0.15, 0.2) is 0 Å². The van der Waals surface area contributed by atoms with Crippen LogP contribution in [0.25, 0.3) is 16.8 Å². The first-order valence-corrected chi connectivity index (χ1v) is 10.9. The second-order valence-electron chi connectivity index (χ2n) is 6.68. The van der Waals surface area contributed by atoms with Crippen molar-refractivity contribution < 1.29 is 9.59 Å². The molecule has 1 fully saturated rings. The average molecular weight is 453 g/mol. The molecule has 1 N–H and O–H groups in total. The van der Waals surface area contributed by atoms with Crippen molar-refractivity contribution >= 4 is 74.3 Å². The Kier molecular flexibility index (Phi) is 6.18. The van der Waals surface area contributed by atoms with Crippen LogP contribution in [0.1, 0.15) is 12.0 Å². The maximum Gasteiger partial charge on any atom is 0.266 e. The number of amides is 2. The van der Waals surface area contributed by atoms with Crippen LogP contribution in [0, 0.1) is 0 Å². The van der Waals surface area contributed by atoms with Crippen molar-refractivity contribution in [3.63, 3.8) is 0 Å². The van der Waals surface area contributed by atoms with Crippen LogP contribution in [0.4, 0.5) is 5.69 Å². The van der Waals surface area contributed by atoms with Crippen molar-refractivity contribution in [1.29, 1.82) is 0 Å². The first kappa shape index (κ1) is 20.6. The number of hydrogen-bond donors (Lipinski definition) is 1. The van der Waals surface area contributed by atoms with E-state index in [9.17, 15) is 9.59 Å². The zero-order valence-corrected chi connectivity index (χ0v) is 18.2. The van der Waals surface area contributed by atoms with Gasteiger partial charge in [0.2, 0.25) is 5.91 Å². The fourth-order valence-corrected chi connectivity index (χ4v) is 4.68. The van der Waals surface area contributed by atoms with Gasteiger partial charge in [-0.1, -0.05) is 90.2 Å². The van der Waals surface area contributed by atoms with E-state index in [0.717, 1.165) is 22.0 Å². The SMILES string of the molecule is O=C(CCN1C(=O)/C(=C\c2ccccc2Cl)SC1=S)Nc1cccc2ccccc12. The predicted octanol–water partition coefficient (Wildman–Crippen LogP) is 5.72. The molecule has 0 radical (unpaired) electrons. The van der Waals surface area contributed by atoms with Crippen molar-refractivity contribution in [2.24, 2.45) is 0 Å². The van der Waals surface area contributed by atoms with Crippen LogP contribution in [0.3, 0.4) is 0 Å². The molecule has 4 nitrogen and oxygen atoms in total.